The molecule has 0 radical (unpaired) electrons. The number of nitrogens with one attached hydrogen (secondary N) is 1. The molecule has 0 saturated carbocycles. The Hall–Kier alpha value is -1.84. The summed E-state index contributed by atoms with van der Waals surface area (Å²) in [5, 5.41) is 2.96. The van der Waals surface area contributed by atoms with Crippen LogP contribution < -0.4 is 5.32 Å². The van der Waals surface area contributed by atoms with Crippen LogP contribution in [0.4, 0.5) is 0 Å². The van der Waals surface area contributed by atoms with E-state index in [-0.39, 0.29) is 11.8 Å². The minimum Gasteiger partial charge on any atom is -0.354 e. The second-order valence-electron chi connectivity index (χ2n) is 5.87. The monoisotopic (exact) mass is 318 g/mol. The van der Waals surface area contributed by atoms with Gasteiger partial charge in [-0.2, -0.15) is 0 Å². The number of carbonyl (C=O) groups is 2. The lowest BCUT2D eigenvalue weighted by Crippen LogP contribution is -2.49. The molecule has 0 aliphatic carbocycles. The van der Waals surface area contributed by atoms with Gasteiger partial charge in [-0.25, -0.2) is 0 Å². The number of unbranched alkanes of at least 4 members (excludes halogenated alkanes) is 1. The molecule has 1 N–H and O–H groups in total. The highest BCUT2D eigenvalue weighted by molar-refractivity contribution is 5.87. The first-order valence-electron chi connectivity index (χ1n) is 8.66. The van der Waals surface area contributed by atoms with Crippen LogP contribution in [0.5, 0.6) is 0 Å². The van der Waals surface area contributed by atoms with Gasteiger partial charge in [0, 0.05) is 19.5 Å². The van der Waals surface area contributed by atoms with Gasteiger partial charge < -0.3 is 10.2 Å². The van der Waals surface area contributed by atoms with Gasteiger partial charge in [0.1, 0.15) is 6.04 Å². The summed E-state index contributed by atoms with van der Waals surface area (Å²) >= 11 is 0. The molecule has 4 heteroatoms. The van der Waals surface area contributed by atoms with Gasteiger partial charge in [-0.15, -0.1) is 0 Å². The maximum atomic E-state index is 12.5. The zero-order chi connectivity index (χ0) is 17.2. The van der Waals surface area contributed by atoms with Crippen LogP contribution in [-0.2, 0) is 16.1 Å². The van der Waals surface area contributed by atoms with E-state index >= 15 is 0 Å². The zero-order valence-electron chi connectivity index (χ0n) is 14.9. The number of carbonyl (C=O) groups excluding carboxylic acids is 2. The largest absolute Gasteiger partial charge is 0.354 e. The summed E-state index contributed by atoms with van der Waals surface area (Å²) < 4.78 is 0. The number of benzene rings is 1. The first-order chi connectivity index (χ1) is 11.0. The molecule has 0 heterocycles. The summed E-state index contributed by atoms with van der Waals surface area (Å²) in [6, 6.07) is 7.61. The third kappa shape index (κ3) is 5.70. The summed E-state index contributed by atoms with van der Waals surface area (Å²) in [6.45, 7) is 9.08. The van der Waals surface area contributed by atoms with Crippen LogP contribution in [0.15, 0.2) is 24.3 Å². The van der Waals surface area contributed by atoms with Crippen molar-refractivity contribution in [3.05, 3.63) is 35.4 Å². The topological polar surface area (TPSA) is 49.4 Å². The molecule has 0 bridgehead atoms. The van der Waals surface area contributed by atoms with Crippen molar-refractivity contribution in [1.82, 2.24) is 10.2 Å². The van der Waals surface area contributed by atoms with E-state index in [9.17, 15) is 9.59 Å². The summed E-state index contributed by atoms with van der Waals surface area (Å²) in [7, 11) is 0. The van der Waals surface area contributed by atoms with Crippen molar-refractivity contribution >= 4 is 11.8 Å². The summed E-state index contributed by atoms with van der Waals surface area (Å²) in [6.07, 6.45) is 3.03. The molecular formula is C19H30N2O2. The summed E-state index contributed by atoms with van der Waals surface area (Å²) in [5.74, 6) is -0.0259. The first kappa shape index (κ1) is 19.2. The van der Waals surface area contributed by atoms with Crippen molar-refractivity contribution in [2.24, 2.45) is 0 Å². The van der Waals surface area contributed by atoms with Crippen molar-refractivity contribution in [3.8, 4) is 0 Å². The minimum absolute atomic E-state index is 0.0192. The fourth-order valence-electron chi connectivity index (χ4n) is 2.60. The number of rotatable bonds is 9. The van der Waals surface area contributed by atoms with Crippen molar-refractivity contribution in [2.45, 2.75) is 66.0 Å². The molecule has 4 nitrogen and oxygen atoms in total. The van der Waals surface area contributed by atoms with Crippen LogP contribution in [0.25, 0.3) is 0 Å². The van der Waals surface area contributed by atoms with E-state index in [1.54, 1.807) is 4.90 Å². The Bertz CT molecular complexity index is 514. The Balaban J connectivity index is 2.92. The van der Waals surface area contributed by atoms with E-state index in [0.29, 0.717) is 25.9 Å². The summed E-state index contributed by atoms with van der Waals surface area (Å²) in [4.78, 5) is 26.6. The summed E-state index contributed by atoms with van der Waals surface area (Å²) in [5.41, 5.74) is 2.23. The Morgan fingerprint density at radius 2 is 1.87 bits per heavy atom. The van der Waals surface area contributed by atoms with E-state index in [1.165, 1.54) is 0 Å². The second-order valence-corrected chi connectivity index (χ2v) is 5.87. The lowest BCUT2D eigenvalue weighted by Gasteiger charge is -2.30. The Morgan fingerprint density at radius 1 is 1.17 bits per heavy atom. The highest BCUT2D eigenvalue weighted by Gasteiger charge is 2.27. The molecule has 2 amide bonds. The van der Waals surface area contributed by atoms with Gasteiger partial charge in [0.2, 0.25) is 11.8 Å². The quantitative estimate of drug-likeness (QED) is 0.709. The zero-order valence-corrected chi connectivity index (χ0v) is 14.9. The maximum Gasteiger partial charge on any atom is 0.242 e. The number of hydrogen-bond donors (Lipinski definition) is 1. The van der Waals surface area contributed by atoms with Crippen molar-refractivity contribution < 1.29 is 9.59 Å². The molecule has 1 aromatic rings. The van der Waals surface area contributed by atoms with E-state index in [1.807, 2.05) is 45.0 Å². The fraction of sp³-hybridized carbons (Fsp3) is 0.579. The van der Waals surface area contributed by atoms with E-state index < -0.39 is 6.04 Å². The molecule has 0 aliphatic rings. The van der Waals surface area contributed by atoms with Gasteiger partial charge in [0.15, 0.2) is 0 Å². The molecule has 1 atom stereocenters. The number of hydrogen-bond acceptors (Lipinski definition) is 2. The lowest BCUT2D eigenvalue weighted by atomic mass is 10.1. The molecule has 23 heavy (non-hydrogen) atoms. The van der Waals surface area contributed by atoms with Crippen molar-refractivity contribution in [1.29, 1.82) is 0 Å². The molecule has 1 rings (SSSR count). The number of aryl methyl sites for hydroxylation is 1. The number of nitrogens with zero attached hydrogens (tertiary/aromatic N) is 1. The highest BCUT2D eigenvalue weighted by atomic mass is 16.2. The van der Waals surface area contributed by atoms with Gasteiger partial charge in [0.05, 0.1) is 0 Å². The standard InChI is InChI=1S/C19H30N2O2/c1-5-8-13-20-19(23)17(6-2)21(18(22)7-3)14-16-12-10-9-11-15(16)4/h9-12,17H,5-8,13-14H2,1-4H3,(H,20,23)/t17-/m0/s1. The average Bonchev–Trinajstić information content (AvgIpc) is 2.56. The molecule has 0 aromatic heterocycles. The lowest BCUT2D eigenvalue weighted by molar-refractivity contribution is -0.141. The van der Waals surface area contributed by atoms with Gasteiger partial charge in [-0.3, -0.25) is 9.59 Å². The Morgan fingerprint density at radius 3 is 2.43 bits per heavy atom. The highest BCUT2D eigenvalue weighted by Crippen LogP contribution is 2.16. The van der Waals surface area contributed by atoms with Crippen molar-refractivity contribution in [3.63, 3.8) is 0 Å². The minimum atomic E-state index is -0.404. The fourth-order valence-corrected chi connectivity index (χ4v) is 2.60. The third-order valence-corrected chi connectivity index (χ3v) is 4.12. The molecule has 0 saturated heterocycles. The molecule has 1 aromatic carbocycles. The number of amides is 2. The normalized spacial score (nSPS) is 11.8. The molecular weight excluding hydrogens is 288 g/mol. The predicted octanol–water partition coefficient (Wildman–Crippen LogP) is 3.43. The average molecular weight is 318 g/mol. The second kappa shape index (κ2) is 10.0. The Labute approximate surface area is 140 Å². The first-order valence-corrected chi connectivity index (χ1v) is 8.66. The van der Waals surface area contributed by atoms with Gasteiger partial charge in [-0.1, -0.05) is 51.5 Å². The van der Waals surface area contributed by atoms with Crippen LogP contribution in [0.1, 0.15) is 57.6 Å². The van der Waals surface area contributed by atoms with Gasteiger partial charge >= 0.3 is 0 Å². The molecule has 0 unspecified atom stereocenters. The van der Waals surface area contributed by atoms with Gasteiger partial charge in [-0.05, 0) is 30.9 Å². The van der Waals surface area contributed by atoms with Crippen molar-refractivity contribution in [2.75, 3.05) is 6.54 Å². The van der Waals surface area contributed by atoms with Crippen LogP contribution in [0.3, 0.4) is 0 Å². The SMILES string of the molecule is CCCCNC(=O)[C@H](CC)N(Cc1ccccc1C)C(=O)CC. The maximum absolute atomic E-state index is 12.5. The van der Waals surface area contributed by atoms with E-state index in [4.69, 9.17) is 0 Å². The molecule has 0 spiro atoms. The van der Waals surface area contributed by atoms with E-state index in [2.05, 4.69) is 12.2 Å². The van der Waals surface area contributed by atoms with Crippen LogP contribution in [0, 0.1) is 6.92 Å². The smallest absolute Gasteiger partial charge is 0.242 e. The van der Waals surface area contributed by atoms with Crippen LogP contribution in [0.2, 0.25) is 0 Å². The van der Waals surface area contributed by atoms with Crippen LogP contribution >= 0.6 is 0 Å². The molecule has 128 valence electrons. The van der Waals surface area contributed by atoms with Gasteiger partial charge in [0.25, 0.3) is 0 Å². The van der Waals surface area contributed by atoms with Crippen LogP contribution in [-0.4, -0.2) is 29.3 Å². The van der Waals surface area contributed by atoms with E-state index in [0.717, 1.165) is 24.0 Å². The molecule has 0 fully saturated rings. The Kier molecular flexibility index (Phi) is 8.38. The predicted molar refractivity (Wildman–Crippen MR) is 94.0 cm³/mol. The molecule has 0 aliphatic heterocycles. The third-order valence-electron chi connectivity index (χ3n) is 4.12.